The third-order valence-corrected chi connectivity index (χ3v) is 4.11. The zero-order valence-electron chi connectivity index (χ0n) is 15.4. The van der Waals surface area contributed by atoms with Crippen LogP contribution in [-0.2, 0) is 16.6 Å². The molecule has 0 fully saturated rings. The standard InChI is InChI=1S/C19H25N3O3/c1-12-16(13(2)25-22-12)10-11-17(23)20-21-18(24)14-6-8-15(9-7-14)19(3,4)5/h6-9H,10-11H2,1-5H3,(H,20,23)(H,21,24). The Labute approximate surface area is 147 Å². The fraction of sp³-hybridized carbons (Fsp3) is 0.421. The van der Waals surface area contributed by atoms with Gasteiger partial charge < -0.3 is 4.52 Å². The molecule has 134 valence electrons. The minimum atomic E-state index is -0.342. The van der Waals surface area contributed by atoms with Crippen LogP contribution < -0.4 is 10.9 Å². The van der Waals surface area contributed by atoms with Crippen LogP contribution >= 0.6 is 0 Å². The maximum atomic E-state index is 12.1. The zero-order chi connectivity index (χ0) is 18.6. The second-order valence-electron chi connectivity index (χ2n) is 7.13. The summed E-state index contributed by atoms with van der Waals surface area (Å²) in [6.07, 6.45) is 0.759. The number of hydrogen-bond acceptors (Lipinski definition) is 4. The van der Waals surface area contributed by atoms with E-state index >= 15 is 0 Å². The quantitative estimate of drug-likeness (QED) is 0.836. The summed E-state index contributed by atoms with van der Waals surface area (Å²) in [7, 11) is 0. The molecule has 0 atom stereocenters. The van der Waals surface area contributed by atoms with Crippen molar-refractivity contribution < 1.29 is 14.1 Å². The molecule has 0 bridgehead atoms. The summed E-state index contributed by atoms with van der Waals surface area (Å²) in [4.78, 5) is 24.0. The number of aromatic nitrogens is 1. The molecular formula is C19H25N3O3. The van der Waals surface area contributed by atoms with Crippen molar-refractivity contribution in [2.75, 3.05) is 0 Å². The number of hydrazine groups is 1. The lowest BCUT2D eigenvalue weighted by molar-refractivity contribution is -0.121. The summed E-state index contributed by atoms with van der Waals surface area (Å²) in [6, 6.07) is 7.36. The minimum absolute atomic E-state index is 0.0292. The number of carbonyl (C=O) groups is 2. The van der Waals surface area contributed by atoms with Crippen LogP contribution in [0.2, 0.25) is 0 Å². The molecule has 0 radical (unpaired) electrons. The van der Waals surface area contributed by atoms with Gasteiger partial charge in [0.25, 0.3) is 5.91 Å². The topological polar surface area (TPSA) is 84.2 Å². The lowest BCUT2D eigenvalue weighted by Crippen LogP contribution is -2.41. The molecule has 0 saturated carbocycles. The Balaban J connectivity index is 1.84. The highest BCUT2D eigenvalue weighted by Gasteiger charge is 2.15. The van der Waals surface area contributed by atoms with E-state index in [0.717, 1.165) is 16.8 Å². The molecule has 6 heteroatoms. The number of nitrogens with zero attached hydrogens (tertiary/aromatic N) is 1. The minimum Gasteiger partial charge on any atom is -0.361 e. The Kier molecular flexibility index (Phi) is 5.62. The average Bonchev–Trinajstić information content (AvgIpc) is 2.88. The Morgan fingerprint density at radius 1 is 1.08 bits per heavy atom. The highest BCUT2D eigenvalue weighted by Crippen LogP contribution is 2.22. The fourth-order valence-electron chi connectivity index (χ4n) is 2.48. The van der Waals surface area contributed by atoms with E-state index in [0.29, 0.717) is 17.7 Å². The first kappa shape index (κ1) is 18.7. The molecule has 1 aromatic carbocycles. The van der Waals surface area contributed by atoms with E-state index < -0.39 is 0 Å². The van der Waals surface area contributed by atoms with Gasteiger partial charge in [0.15, 0.2) is 0 Å². The molecule has 0 aliphatic rings. The van der Waals surface area contributed by atoms with Crippen molar-refractivity contribution in [1.29, 1.82) is 0 Å². The number of aryl methyl sites for hydroxylation is 2. The van der Waals surface area contributed by atoms with Crippen LogP contribution in [0.1, 0.15) is 60.1 Å². The van der Waals surface area contributed by atoms with Crippen LogP contribution in [0.4, 0.5) is 0 Å². The van der Waals surface area contributed by atoms with Crippen molar-refractivity contribution in [3.63, 3.8) is 0 Å². The molecular weight excluding hydrogens is 318 g/mol. The fourth-order valence-corrected chi connectivity index (χ4v) is 2.48. The van der Waals surface area contributed by atoms with Crippen LogP contribution in [0.25, 0.3) is 0 Å². The summed E-state index contributed by atoms with van der Waals surface area (Å²) in [5, 5.41) is 3.86. The SMILES string of the molecule is Cc1noc(C)c1CCC(=O)NNC(=O)c1ccc(C(C)(C)C)cc1. The van der Waals surface area contributed by atoms with E-state index in [1.54, 1.807) is 12.1 Å². The van der Waals surface area contributed by atoms with Gasteiger partial charge in [0, 0.05) is 17.5 Å². The molecule has 0 saturated heterocycles. The van der Waals surface area contributed by atoms with E-state index in [9.17, 15) is 9.59 Å². The normalized spacial score (nSPS) is 11.2. The van der Waals surface area contributed by atoms with Gasteiger partial charge in [-0.3, -0.25) is 20.4 Å². The van der Waals surface area contributed by atoms with E-state index in [1.165, 1.54) is 0 Å². The monoisotopic (exact) mass is 343 g/mol. The number of benzene rings is 1. The highest BCUT2D eigenvalue weighted by molar-refractivity contribution is 5.95. The first-order valence-electron chi connectivity index (χ1n) is 8.30. The predicted octanol–water partition coefficient (Wildman–Crippen LogP) is 2.98. The summed E-state index contributed by atoms with van der Waals surface area (Å²) >= 11 is 0. The Bertz CT molecular complexity index is 736. The lowest BCUT2D eigenvalue weighted by Gasteiger charge is -2.19. The van der Waals surface area contributed by atoms with Crippen LogP contribution in [0.15, 0.2) is 28.8 Å². The van der Waals surface area contributed by atoms with Crippen LogP contribution in [-0.4, -0.2) is 17.0 Å². The first-order valence-corrected chi connectivity index (χ1v) is 8.30. The number of nitrogens with one attached hydrogen (secondary N) is 2. The Hall–Kier alpha value is -2.63. The molecule has 2 rings (SSSR count). The molecule has 1 aromatic heterocycles. The maximum Gasteiger partial charge on any atom is 0.269 e. The molecule has 2 aromatic rings. The van der Waals surface area contributed by atoms with Gasteiger partial charge in [0.05, 0.1) is 5.69 Å². The summed E-state index contributed by atoms with van der Waals surface area (Å²) in [5.74, 6) is 0.110. The summed E-state index contributed by atoms with van der Waals surface area (Å²) in [6.45, 7) is 9.99. The largest absolute Gasteiger partial charge is 0.361 e. The van der Waals surface area contributed by atoms with E-state index in [-0.39, 0.29) is 23.7 Å². The molecule has 0 unspecified atom stereocenters. The van der Waals surface area contributed by atoms with E-state index in [2.05, 4.69) is 36.8 Å². The van der Waals surface area contributed by atoms with E-state index in [1.807, 2.05) is 26.0 Å². The van der Waals surface area contributed by atoms with Gasteiger partial charge in [0.1, 0.15) is 5.76 Å². The zero-order valence-corrected chi connectivity index (χ0v) is 15.4. The second-order valence-corrected chi connectivity index (χ2v) is 7.13. The third-order valence-electron chi connectivity index (χ3n) is 4.11. The van der Waals surface area contributed by atoms with E-state index in [4.69, 9.17) is 4.52 Å². The first-order chi connectivity index (χ1) is 11.7. The van der Waals surface area contributed by atoms with Crippen molar-refractivity contribution in [3.05, 3.63) is 52.4 Å². The van der Waals surface area contributed by atoms with Crippen molar-refractivity contribution in [2.45, 2.75) is 52.9 Å². The number of hydrogen-bond donors (Lipinski definition) is 2. The second kappa shape index (κ2) is 7.51. The molecule has 2 N–H and O–H groups in total. The van der Waals surface area contributed by atoms with Crippen molar-refractivity contribution in [3.8, 4) is 0 Å². The molecule has 0 aliphatic carbocycles. The number of amides is 2. The molecule has 2 amide bonds. The average molecular weight is 343 g/mol. The third kappa shape index (κ3) is 4.92. The lowest BCUT2D eigenvalue weighted by atomic mass is 9.87. The highest BCUT2D eigenvalue weighted by atomic mass is 16.5. The molecule has 1 heterocycles. The van der Waals surface area contributed by atoms with Crippen LogP contribution in [0.5, 0.6) is 0 Å². The Morgan fingerprint density at radius 3 is 2.24 bits per heavy atom. The number of rotatable bonds is 4. The molecule has 6 nitrogen and oxygen atoms in total. The van der Waals surface area contributed by atoms with Gasteiger partial charge in [-0.25, -0.2) is 0 Å². The van der Waals surface area contributed by atoms with Crippen molar-refractivity contribution >= 4 is 11.8 Å². The predicted molar refractivity (Wildman–Crippen MR) is 95.0 cm³/mol. The van der Waals surface area contributed by atoms with Gasteiger partial charge in [-0.1, -0.05) is 38.1 Å². The smallest absolute Gasteiger partial charge is 0.269 e. The summed E-state index contributed by atoms with van der Waals surface area (Å²) < 4.78 is 5.07. The maximum absolute atomic E-state index is 12.1. The van der Waals surface area contributed by atoms with Crippen molar-refractivity contribution in [1.82, 2.24) is 16.0 Å². The van der Waals surface area contributed by atoms with Gasteiger partial charge >= 0.3 is 0 Å². The van der Waals surface area contributed by atoms with Gasteiger partial charge in [-0.2, -0.15) is 0 Å². The van der Waals surface area contributed by atoms with Crippen LogP contribution in [0.3, 0.4) is 0 Å². The molecule has 25 heavy (non-hydrogen) atoms. The van der Waals surface area contributed by atoms with Crippen LogP contribution in [0, 0.1) is 13.8 Å². The molecule has 0 aliphatic heterocycles. The Morgan fingerprint density at radius 2 is 1.72 bits per heavy atom. The summed E-state index contributed by atoms with van der Waals surface area (Å²) in [5.41, 5.74) is 8.27. The van der Waals surface area contributed by atoms with Gasteiger partial charge in [-0.15, -0.1) is 0 Å². The number of carbonyl (C=O) groups excluding carboxylic acids is 2. The van der Waals surface area contributed by atoms with Gasteiger partial charge in [-0.05, 0) is 43.4 Å². The molecule has 0 spiro atoms. The van der Waals surface area contributed by atoms with Crippen molar-refractivity contribution in [2.24, 2.45) is 0 Å². The van der Waals surface area contributed by atoms with Gasteiger partial charge in [0.2, 0.25) is 5.91 Å².